The van der Waals surface area contributed by atoms with Gasteiger partial charge in [0.05, 0.1) is 18.3 Å². The minimum absolute atomic E-state index is 0.301. The summed E-state index contributed by atoms with van der Waals surface area (Å²) in [6.45, 7) is 2.07. The minimum Gasteiger partial charge on any atom is -0.478 e. The van der Waals surface area contributed by atoms with Crippen molar-refractivity contribution in [3.63, 3.8) is 0 Å². The van der Waals surface area contributed by atoms with Crippen LogP contribution in [-0.2, 0) is 9.53 Å². The SMILES string of the molecule is CCCC(O)/C=C/[C@@H]1[C@H](C/C=C\C/C=C/C(=O)O)[C@@H]2CC[C@H]1O2. The highest BCUT2D eigenvalue weighted by Crippen LogP contribution is 2.45. The predicted molar refractivity (Wildman–Crippen MR) is 90.1 cm³/mol. The summed E-state index contributed by atoms with van der Waals surface area (Å²) in [7, 11) is 0. The quantitative estimate of drug-likeness (QED) is 0.504. The smallest absolute Gasteiger partial charge is 0.327 e. The number of fused-ring (bicyclic) bond motifs is 2. The number of aliphatic hydroxyl groups excluding tert-OH is 1. The van der Waals surface area contributed by atoms with E-state index in [1.165, 1.54) is 6.08 Å². The summed E-state index contributed by atoms with van der Waals surface area (Å²) in [5, 5.41) is 18.4. The molecule has 2 fully saturated rings. The third-order valence-corrected chi connectivity index (χ3v) is 4.73. The van der Waals surface area contributed by atoms with Crippen LogP contribution in [0.4, 0.5) is 0 Å². The van der Waals surface area contributed by atoms with Crippen molar-refractivity contribution in [2.45, 2.75) is 63.8 Å². The lowest BCUT2D eigenvalue weighted by Gasteiger charge is -2.24. The molecule has 2 aliphatic heterocycles. The first-order valence-corrected chi connectivity index (χ1v) is 8.68. The van der Waals surface area contributed by atoms with Gasteiger partial charge in [-0.1, -0.05) is 43.7 Å². The number of carboxylic acid groups (broad SMARTS) is 1. The first-order chi connectivity index (χ1) is 11.1. The lowest BCUT2D eigenvalue weighted by Crippen LogP contribution is -2.25. The Labute approximate surface area is 138 Å². The van der Waals surface area contributed by atoms with E-state index < -0.39 is 5.97 Å². The summed E-state index contributed by atoms with van der Waals surface area (Å²) in [5.74, 6) is -0.0475. The van der Waals surface area contributed by atoms with Gasteiger partial charge >= 0.3 is 5.97 Å². The Kier molecular flexibility index (Phi) is 7.06. The molecular weight excluding hydrogens is 292 g/mol. The molecule has 0 radical (unpaired) electrons. The van der Waals surface area contributed by atoms with Crippen LogP contribution in [0, 0.1) is 11.8 Å². The van der Waals surface area contributed by atoms with Gasteiger partial charge in [0.15, 0.2) is 0 Å². The fourth-order valence-corrected chi connectivity index (χ4v) is 3.63. The summed E-state index contributed by atoms with van der Waals surface area (Å²) < 4.78 is 6.04. The third-order valence-electron chi connectivity index (χ3n) is 4.73. The molecule has 128 valence electrons. The second-order valence-electron chi connectivity index (χ2n) is 6.46. The van der Waals surface area contributed by atoms with E-state index in [-0.39, 0.29) is 6.10 Å². The normalized spacial score (nSPS) is 31.7. The summed E-state index contributed by atoms with van der Waals surface area (Å²) in [6, 6.07) is 0. The number of ether oxygens (including phenoxy) is 1. The fraction of sp³-hybridized carbons (Fsp3) is 0.632. The van der Waals surface area contributed by atoms with Gasteiger partial charge in [-0.15, -0.1) is 0 Å². The molecular formula is C19H28O4. The Morgan fingerprint density at radius 3 is 2.78 bits per heavy atom. The van der Waals surface area contributed by atoms with Crippen molar-refractivity contribution in [2.24, 2.45) is 11.8 Å². The van der Waals surface area contributed by atoms with Gasteiger partial charge in [0.2, 0.25) is 0 Å². The molecule has 23 heavy (non-hydrogen) atoms. The molecule has 0 aromatic carbocycles. The topological polar surface area (TPSA) is 66.8 Å². The zero-order valence-corrected chi connectivity index (χ0v) is 13.8. The van der Waals surface area contributed by atoms with Crippen molar-refractivity contribution >= 4 is 5.97 Å². The lowest BCUT2D eigenvalue weighted by molar-refractivity contribution is -0.131. The van der Waals surface area contributed by atoms with Crippen molar-refractivity contribution in [3.8, 4) is 0 Å². The zero-order valence-electron chi connectivity index (χ0n) is 13.8. The molecule has 2 rings (SSSR count). The van der Waals surface area contributed by atoms with Crippen molar-refractivity contribution < 1.29 is 19.7 Å². The molecule has 2 saturated heterocycles. The summed E-state index contributed by atoms with van der Waals surface area (Å²) >= 11 is 0. The van der Waals surface area contributed by atoms with Gasteiger partial charge in [-0.2, -0.15) is 0 Å². The Bertz CT molecular complexity index is 466. The fourth-order valence-electron chi connectivity index (χ4n) is 3.63. The van der Waals surface area contributed by atoms with Gasteiger partial charge in [-0.25, -0.2) is 4.79 Å². The molecule has 0 aliphatic carbocycles. The van der Waals surface area contributed by atoms with Crippen LogP contribution >= 0.6 is 0 Å². The van der Waals surface area contributed by atoms with Gasteiger partial charge in [0, 0.05) is 12.0 Å². The number of carboxylic acids is 1. The highest BCUT2D eigenvalue weighted by molar-refractivity contribution is 5.79. The molecule has 0 spiro atoms. The van der Waals surface area contributed by atoms with Crippen LogP contribution in [0.15, 0.2) is 36.5 Å². The first-order valence-electron chi connectivity index (χ1n) is 8.68. The van der Waals surface area contributed by atoms with E-state index in [1.807, 2.05) is 12.2 Å². The van der Waals surface area contributed by atoms with E-state index in [0.717, 1.165) is 32.1 Å². The molecule has 2 N–H and O–H groups in total. The molecule has 0 aromatic rings. The van der Waals surface area contributed by atoms with Gasteiger partial charge in [-0.05, 0) is 38.0 Å². The Morgan fingerprint density at radius 1 is 1.26 bits per heavy atom. The van der Waals surface area contributed by atoms with Crippen LogP contribution in [0.5, 0.6) is 0 Å². The Balaban J connectivity index is 1.85. The van der Waals surface area contributed by atoms with Crippen LogP contribution in [0.3, 0.4) is 0 Å². The second-order valence-corrected chi connectivity index (χ2v) is 6.46. The van der Waals surface area contributed by atoms with Gasteiger partial charge in [0.1, 0.15) is 0 Å². The van der Waals surface area contributed by atoms with E-state index >= 15 is 0 Å². The van der Waals surface area contributed by atoms with Crippen molar-refractivity contribution in [1.82, 2.24) is 0 Å². The number of aliphatic carboxylic acids is 1. The van der Waals surface area contributed by atoms with E-state index in [1.54, 1.807) is 6.08 Å². The van der Waals surface area contributed by atoms with Crippen LogP contribution in [0.2, 0.25) is 0 Å². The molecule has 0 aromatic heterocycles. The molecule has 4 heteroatoms. The average Bonchev–Trinajstić information content (AvgIpc) is 3.10. The van der Waals surface area contributed by atoms with Crippen molar-refractivity contribution in [3.05, 3.63) is 36.5 Å². The molecule has 1 unspecified atom stereocenters. The predicted octanol–water partition coefficient (Wildman–Crippen LogP) is 3.47. The molecule has 2 heterocycles. The lowest BCUT2D eigenvalue weighted by atomic mass is 9.77. The van der Waals surface area contributed by atoms with Gasteiger partial charge in [0.25, 0.3) is 0 Å². The van der Waals surface area contributed by atoms with Crippen LogP contribution in [0.25, 0.3) is 0 Å². The second kappa shape index (κ2) is 9.04. The minimum atomic E-state index is -0.907. The summed E-state index contributed by atoms with van der Waals surface area (Å²) in [5.41, 5.74) is 0. The molecule has 0 saturated carbocycles. The van der Waals surface area contributed by atoms with E-state index in [4.69, 9.17) is 9.84 Å². The maximum atomic E-state index is 10.4. The van der Waals surface area contributed by atoms with Crippen LogP contribution in [0.1, 0.15) is 45.4 Å². The standard InChI is InChI=1S/C19H28O4/c1-2-7-14(20)10-11-16-15(17-12-13-18(16)23-17)8-5-3-4-6-9-19(21)22/h3,5-6,9-11,14-18,20H,2,4,7-8,12-13H2,1H3,(H,21,22)/b5-3-,9-6+,11-10+/t14?,15-,16+,17-,18+/m0/s1. The van der Waals surface area contributed by atoms with E-state index in [9.17, 15) is 9.90 Å². The van der Waals surface area contributed by atoms with E-state index in [0.29, 0.717) is 30.5 Å². The summed E-state index contributed by atoms with van der Waals surface area (Å²) in [6.07, 6.45) is 17.0. The molecule has 0 amide bonds. The number of allylic oxidation sites excluding steroid dienone is 3. The average molecular weight is 320 g/mol. The third kappa shape index (κ3) is 5.33. The van der Waals surface area contributed by atoms with Gasteiger partial charge < -0.3 is 14.9 Å². The zero-order chi connectivity index (χ0) is 16.7. The van der Waals surface area contributed by atoms with Crippen molar-refractivity contribution in [2.75, 3.05) is 0 Å². The first kappa shape index (κ1) is 18.0. The number of hydrogen-bond donors (Lipinski definition) is 2. The Hall–Kier alpha value is -1.39. The Morgan fingerprint density at radius 2 is 2.04 bits per heavy atom. The largest absolute Gasteiger partial charge is 0.478 e. The van der Waals surface area contributed by atoms with Gasteiger partial charge in [-0.3, -0.25) is 0 Å². The number of carbonyl (C=O) groups is 1. The highest BCUT2D eigenvalue weighted by atomic mass is 16.5. The number of rotatable bonds is 9. The van der Waals surface area contributed by atoms with E-state index in [2.05, 4.69) is 19.1 Å². The molecule has 2 aliphatic rings. The molecule has 5 atom stereocenters. The molecule has 2 bridgehead atoms. The number of hydrogen-bond acceptors (Lipinski definition) is 3. The van der Waals surface area contributed by atoms with Crippen LogP contribution in [-0.4, -0.2) is 34.5 Å². The maximum absolute atomic E-state index is 10.4. The monoisotopic (exact) mass is 320 g/mol. The maximum Gasteiger partial charge on any atom is 0.327 e. The van der Waals surface area contributed by atoms with Crippen LogP contribution < -0.4 is 0 Å². The number of aliphatic hydroxyl groups is 1. The van der Waals surface area contributed by atoms with Crippen molar-refractivity contribution in [1.29, 1.82) is 0 Å². The highest BCUT2D eigenvalue weighted by Gasteiger charge is 2.46. The molecule has 4 nitrogen and oxygen atoms in total. The summed E-state index contributed by atoms with van der Waals surface area (Å²) in [4.78, 5) is 10.4.